The second-order valence-corrected chi connectivity index (χ2v) is 4.38. The van der Waals surface area contributed by atoms with Gasteiger partial charge in [0, 0.05) is 12.6 Å². The fourth-order valence-corrected chi connectivity index (χ4v) is 1.74. The van der Waals surface area contributed by atoms with E-state index < -0.39 is 0 Å². The predicted octanol–water partition coefficient (Wildman–Crippen LogP) is 2.60. The zero-order chi connectivity index (χ0) is 12.1. The summed E-state index contributed by atoms with van der Waals surface area (Å²) in [6.07, 6.45) is 2.38. The van der Waals surface area contributed by atoms with Crippen molar-refractivity contribution in [1.82, 2.24) is 9.97 Å². The first-order valence-corrected chi connectivity index (χ1v) is 6.03. The van der Waals surface area contributed by atoms with E-state index in [2.05, 4.69) is 31.2 Å². The number of phenolic OH excluding ortho intramolecular Hbond substituents is 1. The van der Waals surface area contributed by atoms with E-state index in [1.807, 2.05) is 18.2 Å². The molecule has 17 heavy (non-hydrogen) atoms. The van der Waals surface area contributed by atoms with Gasteiger partial charge in [0.25, 0.3) is 0 Å². The van der Waals surface area contributed by atoms with Gasteiger partial charge in [-0.2, -0.15) is 0 Å². The Kier molecular flexibility index (Phi) is 3.93. The van der Waals surface area contributed by atoms with Crippen molar-refractivity contribution in [2.24, 2.45) is 0 Å². The van der Waals surface area contributed by atoms with E-state index in [0.717, 1.165) is 23.4 Å². The van der Waals surface area contributed by atoms with Crippen LogP contribution in [0.1, 0.15) is 5.56 Å². The Bertz CT molecular complexity index is 487. The summed E-state index contributed by atoms with van der Waals surface area (Å²) in [5.74, 6) is 1.09. The minimum absolute atomic E-state index is 0.293. The molecule has 1 aromatic carbocycles. The van der Waals surface area contributed by atoms with Gasteiger partial charge in [-0.15, -0.1) is 0 Å². The van der Waals surface area contributed by atoms with Crippen molar-refractivity contribution in [2.75, 3.05) is 11.9 Å². The molecule has 0 atom stereocenters. The average Bonchev–Trinajstić information content (AvgIpc) is 2.32. The van der Waals surface area contributed by atoms with E-state index >= 15 is 0 Å². The number of halogens is 1. The van der Waals surface area contributed by atoms with Gasteiger partial charge in [-0.3, -0.25) is 0 Å². The second kappa shape index (κ2) is 5.63. The second-order valence-electron chi connectivity index (χ2n) is 3.57. The van der Waals surface area contributed by atoms with E-state index in [-0.39, 0.29) is 0 Å². The van der Waals surface area contributed by atoms with Crippen molar-refractivity contribution in [3.05, 3.63) is 46.8 Å². The number of phenols is 1. The van der Waals surface area contributed by atoms with E-state index in [1.54, 1.807) is 12.1 Å². The van der Waals surface area contributed by atoms with Crippen LogP contribution in [0.4, 0.5) is 5.82 Å². The third-order valence-corrected chi connectivity index (χ3v) is 2.72. The lowest BCUT2D eigenvalue weighted by molar-refractivity contribution is 0.475. The van der Waals surface area contributed by atoms with Gasteiger partial charge in [0.1, 0.15) is 22.5 Å². The molecule has 88 valence electrons. The number of nitrogens with one attached hydrogen (secondary N) is 1. The summed E-state index contributed by atoms with van der Waals surface area (Å²) in [7, 11) is 0. The van der Waals surface area contributed by atoms with Crippen molar-refractivity contribution in [1.29, 1.82) is 0 Å². The first kappa shape index (κ1) is 11.9. The lowest BCUT2D eigenvalue weighted by Crippen LogP contribution is -2.06. The molecule has 2 rings (SSSR count). The Morgan fingerprint density at radius 3 is 2.65 bits per heavy atom. The number of aromatic hydroxyl groups is 1. The number of nitrogens with zero attached hydrogens (tertiary/aromatic N) is 2. The lowest BCUT2D eigenvalue weighted by Gasteiger charge is -2.05. The maximum Gasteiger partial charge on any atom is 0.130 e. The van der Waals surface area contributed by atoms with E-state index in [1.165, 1.54) is 11.9 Å². The summed E-state index contributed by atoms with van der Waals surface area (Å²) in [6, 6.07) is 9.03. The van der Waals surface area contributed by atoms with Gasteiger partial charge in [-0.1, -0.05) is 12.1 Å². The minimum Gasteiger partial charge on any atom is -0.508 e. The van der Waals surface area contributed by atoms with Gasteiger partial charge in [0.2, 0.25) is 0 Å². The number of hydrogen-bond donors (Lipinski definition) is 2. The minimum atomic E-state index is 0.293. The maximum absolute atomic E-state index is 9.15. The van der Waals surface area contributed by atoms with Crippen molar-refractivity contribution < 1.29 is 5.11 Å². The van der Waals surface area contributed by atoms with Crippen LogP contribution in [0.15, 0.2) is 41.3 Å². The number of anilines is 1. The SMILES string of the molecule is Oc1ccc(CCNc2cc(Br)ncn2)cc1. The van der Waals surface area contributed by atoms with E-state index in [0.29, 0.717) is 5.75 Å². The van der Waals surface area contributed by atoms with Gasteiger partial charge in [0.15, 0.2) is 0 Å². The van der Waals surface area contributed by atoms with Crippen LogP contribution in [-0.4, -0.2) is 21.6 Å². The lowest BCUT2D eigenvalue weighted by atomic mass is 10.1. The molecule has 0 amide bonds. The highest BCUT2D eigenvalue weighted by molar-refractivity contribution is 9.10. The van der Waals surface area contributed by atoms with Crippen LogP contribution < -0.4 is 5.32 Å². The van der Waals surface area contributed by atoms with Gasteiger partial charge < -0.3 is 10.4 Å². The standard InChI is InChI=1S/C12H12BrN3O/c13-11-7-12(16-8-15-11)14-6-5-9-1-3-10(17)4-2-9/h1-4,7-8,17H,5-6H2,(H,14,15,16). The normalized spacial score (nSPS) is 10.2. The van der Waals surface area contributed by atoms with Crippen LogP contribution in [0.2, 0.25) is 0 Å². The molecule has 5 heteroatoms. The summed E-state index contributed by atoms with van der Waals surface area (Å²) >= 11 is 3.29. The molecule has 2 aromatic rings. The van der Waals surface area contributed by atoms with Gasteiger partial charge >= 0.3 is 0 Å². The van der Waals surface area contributed by atoms with Gasteiger partial charge in [-0.05, 0) is 40.0 Å². The molecular weight excluding hydrogens is 282 g/mol. The molecule has 0 fully saturated rings. The number of hydrogen-bond acceptors (Lipinski definition) is 4. The van der Waals surface area contributed by atoms with Crippen molar-refractivity contribution in [3.63, 3.8) is 0 Å². The van der Waals surface area contributed by atoms with Crippen molar-refractivity contribution in [2.45, 2.75) is 6.42 Å². The average molecular weight is 294 g/mol. The molecule has 0 aliphatic heterocycles. The highest BCUT2D eigenvalue weighted by Crippen LogP contribution is 2.11. The topological polar surface area (TPSA) is 58.0 Å². The Labute approximate surface area is 108 Å². The van der Waals surface area contributed by atoms with Crippen LogP contribution in [0, 0.1) is 0 Å². The molecule has 0 saturated carbocycles. The van der Waals surface area contributed by atoms with Crippen LogP contribution in [0.25, 0.3) is 0 Å². The Balaban J connectivity index is 1.85. The quantitative estimate of drug-likeness (QED) is 0.851. The van der Waals surface area contributed by atoms with Gasteiger partial charge in [0.05, 0.1) is 0 Å². The Hall–Kier alpha value is -1.62. The predicted molar refractivity (Wildman–Crippen MR) is 70.0 cm³/mol. The molecule has 0 unspecified atom stereocenters. The summed E-state index contributed by atoms with van der Waals surface area (Å²) in [5, 5.41) is 12.4. The highest BCUT2D eigenvalue weighted by Gasteiger charge is 1.97. The van der Waals surface area contributed by atoms with Crippen molar-refractivity contribution >= 4 is 21.7 Å². The summed E-state index contributed by atoms with van der Waals surface area (Å²) in [5.41, 5.74) is 1.17. The third kappa shape index (κ3) is 3.71. The summed E-state index contributed by atoms with van der Waals surface area (Å²) < 4.78 is 0.764. The Morgan fingerprint density at radius 2 is 1.94 bits per heavy atom. The fraction of sp³-hybridized carbons (Fsp3) is 0.167. The third-order valence-electron chi connectivity index (χ3n) is 2.29. The molecule has 0 saturated heterocycles. The number of benzene rings is 1. The molecule has 0 aliphatic rings. The van der Waals surface area contributed by atoms with E-state index in [4.69, 9.17) is 5.11 Å². The largest absolute Gasteiger partial charge is 0.508 e. The smallest absolute Gasteiger partial charge is 0.130 e. The summed E-state index contributed by atoms with van der Waals surface area (Å²) in [6.45, 7) is 0.786. The first-order valence-electron chi connectivity index (χ1n) is 5.23. The van der Waals surface area contributed by atoms with Crippen LogP contribution >= 0.6 is 15.9 Å². The molecule has 2 N–H and O–H groups in total. The highest BCUT2D eigenvalue weighted by atomic mass is 79.9. The monoisotopic (exact) mass is 293 g/mol. The van der Waals surface area contributed by atoms with Crippen molar-refractivity contribution in [3.8, 4) is 5.75 Å². The molecular formula is C12H12BrN3O. The zero-order valence-electron chi connectivity index (χ0n) is 9.10. The zero-order valence-corrected chi connectivity index (χ0v) is 10.7. The first-order chi connectivity index (χ1) is 8.24. The molecule has 0 radical (unpaired) electrons. The molecule has 4 nitrogen and oxygen atoms in total. The maximum atomic E-state index is 9.15. The molecule has 1 aromatic heterocycles. The molecule has 0 aliphatic carbocycles. The molecule has 0 bridgehead atoms. The number of rotatable bonds is 4. The number of aromatic nitrogens is 2. The van der Waals surface area contributed by atoms with Crippen LogP contribution in [0.5, 0.6) is 5.75 Å². The van der Waals surface area contributed by atoms with Crippen LogP contribution in [-0.2, 0) is 6.42 Å². The van der Waals surface area contributed by atoms with Crippen LogP contribution in [0.3, 0.4) is 0 Å². The Morgan fingerprint density at radius 1 is 1.18 bits per heavy atom. The van der Waals surface area contributed by atoms with E-state index in [9.17, 15) is 0 Å². The molecule has 1 heterocycles. The molecule has 0 spiro atoms. The van der Waals surface area contributed by atoms with Gasteiger partial charge in [-0.25, -0.2) is 9.97 Å². The summed E-state index contributed by atoms with van der Waals surface area (Å²) in [4.78, 5) is 8.05. The fourth-order valence-electron chi connectivity index (χ4n) is 1.43.